The molecule has 0 aromatic carbocycles. The number of hydrogen-bond acceptors (Lipinski definition) is 1. The Labute approximate surface area is 212 Å². The molecule has 1 heteroatoms. The fourth-order valence-electron chi connectivity index (χ4n) is 4.02. The van der Waals surface area contributed by atoms with Gasteiger partial charge in [0, 0.05) is 10.8 Å². The molecule has 0 spiro atoms. The Morgan fingerprint density at radius 2 is 0.529 bits per heavy atom. The SMILES string of the molecule is CC(C)=CCC(CC=C(C)C)(CC=C(C)C)C(=O)C(CC=C(C)C)(CC=C(C)C)CC=C(C)C. The van der Waals surface area contributed by atoms with E-state index in [-0.39, 0.29) is 0 Å². The molecule has 0 saturated heterocycles. The van der Waals surface area contributed by atoms with Crippen LogP contribution in [0, 0.1) is 10.8 Å². The maximum absolute atomic E-state index is 15.0. The molecule has 0 radical (unpaired) electrons. The minimum atomic E-state index is -0.452. The Hall–Kier alpha value is -1.89. The van der Waals surface area contributed by atoms with Gasteiger partial charge < -0.3 is 0 Å². The highest BCUT2D eigenvalue weighted by atomic mass is 16.1. The number of Topliss-reactive ketones (excluding diaryl/α,β-unsaturated/α-hetero) is 1. The summed E-state index contributed by atoms with van der Waals surface area (Å²) in [6.07, 6.45) is 18.4. The lowest BCUT2D eigenvalue weighted by Crippen LogP contribution is -2.43. The van der Waals surface area contributed by atoms with Crippen LogP contribution in [0.2, 0.25) is 0 Å². The topological polar surface area (TPSA) is 17.1 Å². The highest BCUT2D eigenvalue weighted by Crippen LogP contribution is 2.47. The van der Waals surface area contributed by atoms with Crippen molar-refractivity contribution in [1.82, 2.24) is 0 Å². The van der Waals surface area contributed by atoms with Crippen LogP contribution in [0.1, 0.15) is 122 Å². The third kappa shape index (κ3) is 12.0. The summed E-state index contributed by atoms with van der Waals surface area (Å²) in [5, 5.41) is 0. The minimum Gasteiger partial charge on any atom is -0.298 e. The number of hydrogen-bond donors (Lipinski definition) is 0. The molecule has 0 heterocycles. The van der Waals surface area contributed by atoms with Gasteiger partial charge in [0.2, 0.25) is 0 Å². The van der Waals surface area contributed by atoms with E-state index in [1.54, 1.807) is 0 Å². The molecule has 0 aromatic rings. The zero-order chi connectivity index (χ0) is 26.5. The maximum atomic E-state index is 15.0. The van der Waals surface area contributed by atoms with E-state index in [0.29, 0.717) is 5.78 Å². The molecule has 0 saturated carbocycles. The monoisotopic (exact) mass is 466 g/mol. The van der Waals surface area contributed by atoms with E-state index in [0.717, 1.165) is 38.5 Å². The third-order valence-corrected chi connectivity index (χ3v) is 6.37. The molecule has 0 rings (SSSR count). The van der Waals surface area contributed by atoms with Gasteiger partial charge in [0.15, 0.2) is 0 Å². The second-order valence-corrected chi connectivity index (χ2v) is 11.8. The van der Waals surface area contributed by atoms with E-state index in [4.69, 9.17) is 0 Å². The number of ketones is 1. The molecular weight excluding hydrogens is 412 g/mol. The summed E-state index contributed by atoms with van der Waals surface area (Å²) in [5.74, 6) is 0.417. The van der Waals surface area contributed by atoms with Gasteiger partial charge in [-0.1, -0.05) is 69.9 Å². The maximum Gasteiger partial charge on any atom is 0.147 e. The Bertz CT molecular complexity index is 656. The second-order valence-electron chi connectivity index (χ2n) is 11.8. The fourth-order valence-corrected chi connectivity index (χ4v) is 4.02. The number of carbonyl (C=O) groups is 1. The van der Waals surface area contributed by atoms with E-state index < -0.39 is 10.8 Å². The van der Waals surface area contributed by atoms with Crippen LogP contribution in [0.3, 0.4) is 0 Å². The van der Waals surface area contributed by atoms with Gasteiger partial charge in [-0.05, 0) is 122 Å². The Morgan fingerprint density at radius 3 is 0.647 bits per heavy atom. The molecule has 0 aliphatic carbocycles. The molecule has 0 amide bonds. The Morgan fingerprint density at radius 1 is 0.382 bits per heavy atom. The third-order valence-electron chi connectivity index (χ3n) is 6.37. The van der Waals surface area contributed by atoms with Gasteiger partial charge in [0.25, 0.3) is 0 Å². The van der Waals surface area contributed by atoms with Crippen molar-refractivity contribution in [3.05, 3.63) is 69.9 Å². The first-order valence-electron chi connectivity index (χ1n) is 13.0. The lowest BCUT2D eigenvalue weighted by atomic mass is 9.60. The van der Waals surface area contributed by atoms with Crippen LogP contribution >= 0.6 is 0 Å². The van der Waals surface area contributed by atoms with Gasteiger partial charge in [-0.25, -0.2) is 0 Å². The normalized spacial score (nSPS) is 11.2. The molecule has 0 unspecified atom stereocenters. The van der Waals surface area contributed by atoms with E-state index in [9.17, 15) is 4.79 Å². The lowest BCUT2D eigenvalue weighted by molar-refractivity contribution is -0.139. The molecule has 0 atom stereocenters. The molecule has 192 valence electrons. The van der Waals surface area contributed by atoms with Crippen molar-refractivity contribution in [2.75, 3.05) is 0 Å². The van der Waals surface area contributed by atoms with Crippen LogP contribution in [-0.2, 0) is 4.79 Å². The summed E-state index contributed by atoms with van der Waals surface area (Å²) < 4.78 is 0. The predicted molar refractivity (Wildman–Crippen MR) is 154 cm³/mol. The molecule has 0 N–H and O–H groups in total. The van der Waals surface area contributed by atoms with Crippen molar-refractivity contribution in [2.45, 2.75) is 122 Å². The number of rotatable bonds is 14. The van der Waals surface area contributed by atoms with Gasteiger partial charge in [-0.15, -0.1) is 0 Å². The van der Waals surface area contributed by atoms with Crippen LogP contribution in [0.25, 0.3) is 0 Å². The van der Waals surface area contributed by atoms with E-state index in [1.165, 1.54) is 33.4 Å². The van der Waals surface area contributed by atoms with Crippen molar-refractivity contribution in [1.29, 1.82) is 0 Å². The first kappa shape index (κ1) is 32.1. The van der Waals surface area contributed by atoms with Crippen LogP contribution in [0.5, 0.6) is 0 Å². The van der Waals surface area contributed by atoms with Crippen LogP contribution in [-0.4, -0.2) is 5.78 Å². The van der Waals surface area contributed by atoms with E-state index in [1.807, 2.05) is 0 Å². The van der Waals surface area contributed by atoms with Crippen molar-refractivity contribution < 1.29 is 4.79 Å². The molecule has 1 nitrogen and oxygen atoms in total. The van der Waals surface area contributed by atoms with Gasteiger partial charge in [-0.2, -0.15) is 0 Å². The molecule has 0 fully saturated rings. The summed E-state index contributed by atoms with van der Waals surface area (Å²) in [6.45, 7) is 25.7. The van der Waals surface area contributed by atoms with Crippen molar-refractivity contribution >= 4 is 5.78 Å². The number of carbonyl (C=O) groups excluding carboxylic acids is 1. The quantitative estimate of drug-likeness (QED) is 0.233. The second kappa shape index (κ2) is 15.2. The zero-order valence-electron chi connectivity index (χ0n) is 24.6. The summed E-state index contributed by atoms with van der Waals surface area (Å²) in [5.41, 5.74) is 6.74. The van der Waals surface area contributed by atoms with Crippen LogP contribution < -0.4 is 0 Å². The van der Waals surface area contributed by atoms with Crippen LogP contribution in [0.15, 0.2) is 69.9 Å². The summed E-state index contributed by atoms with van der Waals surface area (Å²) in [6, 6.07) is 0. The first-order valence-corrected chi connectivity index (χ1v) is 13.0. The zero-order valence-corrected chi connectivity index (χ0v) is 24.6. The summed E-state index contributed by atoms with van der Waals surface area (Å²) in [4.78, 5) is 15.0. The van der Waals surface area contributed by atoms with Gasteiger partial charge in [0.1, 0.15) is 5.78 Å². The molecule has 0 aliphatic heterocycles. The standard InChI is InChI=1S/C33H54O/c1-25(2)13-19-32(20-14-26(3)4,21-15-27(5)6)31(34)33(22-16-28(7)8,23-17-29(9)10)24-18-30(11)12/h13-18H,19-24H2,1-12H3. The van der Waals surface area contributed by atoms with E-state index >= 15 is 0 Å². The van der Waals surface area contributed by atoms with Gasteiger partial charge >= 0.3 is 0 Å². The fraction of sp³-hybridized carbons (Fsp3) is 0.606. The van der Waals surface area contributed by atoms with E-state index in [2.05, 4.69) is 120 Å². The Kier molecular flexibility index (Phi) is 14.3. The average Bonchev–Trinajstić information content (AvgIpc) is 2.72. The largest absolute Gasteiger partial charge is 0.298 e. The van der Waals surface area contributed by atoms with Crippen molar-refractivity contribution in [3.63, 3.8) is 0 Å². The molecule has 0 aromatic heterocycles. The highest BCUT2D eigenvalue weighted by molar-refractivity contribution is 5.91. The molecule has 0 aliphatic rings. The predicted octanol–water partition coefficient (Wildman–Crippen LogP) is 10.7. The van der Waals surface area contributed by atoms with Crippen molar-refractivity contribution in [2.24, 2.45) is 10.8 Å². The lowest BCUT2D eigenvalue weighted by Gasteiger charge is -2.41. The van der Waals surface area contributed by atoms with Gasteiger partial charge in [-0.3, -0.25) is 4.79 Å². The van der Waals surface area contributed by atoms with Gasteiger partial charge in [0.05, 0.1) is 0 Å². The smallest absolute Gasteiger partial charge is 0.147 e. The molecular formula is C33H54O. The average molecular weight is 467 g/mol. The van der Waals surface area contributed by atoms with Crippen LogP contribution in [0.4, 0.5) is 0 Å². The molecule has 34 heavy (non-hydrogen) atoms. The van der Waals surface area contributed by atoms with Crippen molar-refractivity contribution in [3.8, 4) is 0 Å². The highest BCUT2D eigenvalue weighted by Gasteiger charge is 2.47. The molecule has 0 bridgehead atoms. The number of allylic oxidation sites excluding steroid dienone is 12. The minimum absolute atomic E-state index is 0.417. The Balaban J connectivity index is 7.18. The summed E-state index contributed by atoms with van der Waals surface area (Å²) in [7, 11) is 0. The summed E-state index contributed by atoms with van der Waals surface area (Å²) >= 11 is 0. The first-order chi connectivity index (χ1) is 15.7.